The summed E-state index contributed by atoms with van der Waals surface area (Å²) in [5, 5.41) is 3.35. The maximum atomic E-state index is 13.1. The lowest BCUT2D eigenvalue weighted by molar-refractivity contribution is 0.244. The van der Waals surface area contributed by atoms with Gasteiger partial charge in [0, 0.05) is 6.54 Å². The molecule has 0 unspecified atom stereocenters. The minimum Gasteiger partial charge on any atom is -0.317 e. The standard InChI is InChI=1S/C13H18F2N2/c14-12-4-3-11(9-13(12)15)10-17-7-1-5-16-6-2-8-17/h3-4,9,16H,1-2,5-8,10H2. The van der Waals surface area contributed by atoms with Crippen molar-refractivity contribution in [3.8, 4) is 0 Å². The summed E-state index contributed by atoms with van der Waals surface area (Å²) >= 11 is 0. The van der Waals surface area contributed by atoms with Crippen LogP contribution in [0.3, 0.4) is 0 Å². The highest BCUT2D eigenvalue weighted by Crippen LogP contribution is 2.12. The Balaban J connectivity index is 1.95. The van der Waals surface area contributed by atoms with E-state index >= 15 is 0 Å². The Morgan fingerprint density at radius 2 is 1.76 bits per heavy atom. The third-order valence-corrected chi connectivity index (χ3v) is 3.05. The van der Waals surface area contributed by atoms with Crippen molar-refractivity contribution in [1.29, 1.82) is 0 Å². The van der Waals surface area contributed by atoms with Gasteiger partial charge in [-0.2, -0.15) is 0 Å². The van der Waals surface area contributed by atoms with Crippen LogP contribution in [0.15, 0.2) is 18.2 Å². The van der Waals surface area contributed by atoms with E-state index < -0.39 is 11.6 Å². The molecule has 0 bridgehead atoms. The number of rotatable bonds is 2. The van der Waals surface area contributed by atoms with E-state index in [1.807, 2.05) is 0 Å². The van der Waals surface area contributed by atoms with Crippen molar-refractivity contribution < 1.29 is 8.78 Å². The molecule has 1 aromatic carbocycles. The molecule has 1 aliphatic heterocycles. The third kappa shape index (κ3) is 3.75. The molecule has 2 nitrogen and oxygen atoms in total. The molecule has 4 heteroatoms. The predicted octanol–water partition coefficient (Wildman–Crippen LogP) is 2.15. The predicted molar refractivity (Wildman–Crippen MR) is 63.7 cm³/mol. The molecule has 0 amide bonds. The van der Waals surface area contributed by atoms with Crippen LogP contribution in [0.4, 0.5) is 8.78 Å². The molecule has 0 radical (unpaired) electrons. The van der Waals surface area contributed by atoms with E-state index in [0.717, 1.165) is 44.6 Å². The van der Waals surface area contributed by atoms with Crippen molar-refractivity contribution in [1.82, 2.24) is 10.2 Å². The van der Waals surface area contributed by atoms with Gasteiger partial charge in [0.05, 0.1) is 0 Å². The zero-order valence-electron chi connectivity index (χ0n) is 9.88. The van der Waals surface area contributed by atoms with Crippen molar-refractivity contribution >= 4 is 0 Å². The molecule has 94 valence electrons. The Labute approximate surface area is 101 Å². The molecule has 17 heavy (non-hydrogen) atoms. The van der Waals surface area contributed by atoms with E-state index in [4.69, 9.17) is 0 Å². The molecule has 0 atom stereocenters. The number of benzene rings is 1. The van der Waals surface area contributed by atoms with E-state index in [1.54, 1.807) is 6.07 Å². The molecule has 1 aliphatic rings. The van der Waals surface area contributed by atoms with Gasteiger partial charge in [-0.15, -0.1) is 0 Å². The molecule has 1 aromatic rings. The van der Waals surface area contributed by atoms with Crippen LogP contribution >= 0.6 is 0 Å². The number of halogens is 2. The monoisotopic (exact) mass is 240 g/mol. The van der Waals surface area contributed by atoms with Gasteiger partial charge in [0.1, 0.15) is 0 Å². The Bertz CT molecular complexity index is 360. The van der Waals surface area contributed by atoms with Crippen LogP contribution in [0, 0.1) is 11.6 Å². The van der Waals surface area contributed by atoms with Crippen LogP contribution < -0.4 is 5.32 Å². The lowest BCUT2D eigenvalue weighted by atomic mass is 10.2. The van der Waals surface area contributed by atoms with Gasteiger partial charge in [-0.05, 0) is 56.7 Å². The second-order valence-electron chi connectivity index (χ2n) is 4.48. The number of hydrogen-bond acceptors (Lipinski definition) is 2. The third-order valence-electron chi connectivity index (χ3n) is 3.05. The molecular weight excluding hydrogens is 222 g/mol. The van der Waals surface area contributed by atoms with E-state index in [2.05, 4.69) is 10.2 Å². The second-order valence-corrected chi connectivity index (χ2v) is 4.48. The lowest BCUT2D eigenvalue weighted by Gasteiger charge is -2.24. The summed E-state index contributed by atoms with van der Waals surface area (Å²) in [5.41, 5.74) is 0.845. The van der Waals surface area contributed by atoms with Crippen LogP contribution in [-0.4, -0.2) is 31.1 Å². The molecule has 0 spiro atoms. The first-order valence-corrected chi connectivity index (χ1v) is 6.13. The molecule has 1 N–H and O–H groups in total. The van der Waals surface area contributed by atoms with Crippen molar-refractivity contribution in [2.75, 3.05) is 26.2 Å². The largest absolute Gasteiger partial charge is 0.317 e. The zero-order valence-corrected chi connectivity index (χ0v) is 9.88. The van der Waals surface area contributed by atoms with Crippen LogP contribution in [-0.2, 0) is 6.54 Å². The van der Waals surface area contributed by atoms with Gasteiger partial charge in [-0.25, -0.2) is 8.78 Å². The Morgan fingerprint density at radius 3 is 2.41 bits per heavy atom. The highest BCUT2D eigenvalue weighted by atomic mass is 19.2. The number of nitrogens with one attached hydrogen (secondary N) is 1. The highest BCUT2D eigenvalue weighted by Gasteiger charge is 2.09. The van der Waals surface area contributed by atoms with Crippen molar-refractivity contribution in [2.45, 2.75) is 19.4 Å². The minimum absolute atomic E-state index is 0.706. The maximum absolute atomic E-state index is 13.1. The van der Waals surface area contributed by atoms with Crippen LogP contribution in [0.2, 0.25) is 0 Å². The van der Waals surface area contributed by atoms with Gasteiger partial charge in [-0.3, -0.25) is 4.90 Å². The summed E-state index contributed by atoms with van der Waals surface area (Å²) in [6.07, 6.45) is 2.20. The Hall–Kier alpha value is -1.00. The summed E-state index contributed by atoms with van der Waals surface area (Å²) in [6, 6.07) is 4.16. The first kappa shape index (κ1) is 12.5. The van der Waals surface area contributed by atoms with Crippen LogP contribution in [0.25, 0.3) is 0 Å². The topological polar surface area (TPSA) is 15.3 Å². The average Bonchev–Trinajstić information content (AvgIpc) is 2.27. The molecule has 0 aliphatic carbocycles. The van der Waals surface area contributed by atoms with Crippen molar-refractivity contribution in [2.24, 2.45) is 0 Å². The van der Waals surface area contributed by atoms with E-state index in [0.29, 0.717) is 6.54 Å². The summed E-state index contributed by atoms with van der Waals surface area (Å²) in [4.78, 5) is 2.30. The SMILES string of the molecule is Fc1ccc(CN2CCCNCCC2)cc1F. The van der Waals surface area contributed by atoms with Gasteiger partial charge >= 0.3 is 0 Å². The number of nitrogens with zero attached hydrogens (tertiary/aromatic N) is 1. The first-order valence-electron chi connectivity index (χ1n) is 6.13. The summed E-state index contributed by atoms with van der Waals surface area (Å²) in [5.74, 6) is -1.53. The quantitative estimate of drug-likeness (QED) is 0.852. The molecule has 0 saturated carbocycles. The zero-order chi connectivity index (χ0) is 12.1. The smallest absolute Gasteiger partial charge is 0.159 e. The lowest BCUT2D eigenvalue weighted by Crippen LogP contribution is -2.33. The van der Waals surface area contributed by atoms with Gasteiger partial charge in [-0.1, -0.05) is 6.07 Å². The van der Waals surface area contributed by atoms with E-state index in [9.17, 15) is 8.78 Å². The maximum Gasteiger partial charge on any atom is 0.159 e. The normalized spacial score (nSPS) is 18.7. The fraction of sp³-hybridized carbons (Fsp3) is 0.538. The van der Waals surface area contributed by atoms with Gasteiger partial charge in [0.2, 0.25) is 0 Å². The molecule has 2 rings (SSSR count). The summed E-state index contributed by atoms with van der Waals surface area (Å²) in [6.45, 7) is 4.79. The van der Waals surface area contributed by atoms with Gasteiger partial charge < -0.3 is 5.32 Å². The van der Waals surface area contributed by atoms with Crippen LogP contribution in [0.5, 0.6) is 0 Å². The van der Waals surface area contributed by atoms with Gasteiger partial charge in [0.25, 0.3) is 0 Å². The molecular formula is C13H18F2N2. The average molecular weight is 240 g/mol. The fourth-order valence-corrected chi connectivity index (χ4v) is 2.15. The van der Waals surface area contributed by atoms with Crippen LogP contribution in [0.1, 0.15) is 18.4 Å². The summed E-state index contributed by atoms with van der Waals surface area (Å²) < 4.78 is 25.9. The minimum atomic E-state index is -0.773. The fourth-order valence-electron chi connectivity index (χ4n) is 2.15. The Kier molecular flexibility index (Phi) is 4.45. The molecule has 0 aromatic heterocycles. The first-order chi connectivity index (χ1) is 8.25. The second kappa shape index (κ2) is 6.07. The highest BCUT2D eigenvalue weighted by molar-refractivity contribution is 5.17. The van der Waals surface area contributed by atoms with Gasteiger partial charge in [0.15, 0.2) is 11.6 Å². The van der Waals surface area contributed by atoms with E-state index in [1.165, 1.54) is 12.1 Å². The molecule has 1 fully saturated rings. The molecule has 1 saturated heterocycles. The van der Waals surface area contributed by atoms with Crippen molar-refractivity contribution in [3.05, 3.63) is 35.4 Å². The summed E-state index contributed by atoms with van der Waals surface area (Å²) in [7, 11) is 0. The number of hydrogen-bond donors (Lipinski definition) is 1. The van der Waals surface area contributed by atoms with Crippen molar-refractivity contribution in [3.63, 3.8) is 0 Å². The van der Waals surface area contributed by atoms with E-state index in [-0.39, 0.29) is 0 Å². The Morgan fingerprint density at radius 1 is 1.06 bits per heavy atom. The molecule has 1 heterocycles.